The summed E-state index contributed by atoms with van der Waals surface area (Å²) in [5.74, 6) is 0.725. The smallest absolute Gasteiger partial charge is 0.391 e. The summed E-state index contributed by atoms with van der Waals surface area (Å²) in [6.45, 7) is 4.52. The molecule has 1 aromatic heterocycles. The third-order valence-electron chi connectivity index (χ3n) is 3.32. The Labute approximate surface area is 139 Å². The minimum absolute atomic E-state index is 0.227. The molecule has 0 atom stereocenters. The number of hydrogen-bond donors (Lipinski definition) is 0. The van der Waals surface area contributed by atoms with Crippen LogP contribution in [0.1, 0.15) is 12.5 Å². The zero-order valence-electron chi connectivity index (χ0n) is 12.4. The van der Waals surface area contributed by atoms with Gasteiger partial charge in [0.05, 0.1) is 6.61 Å². The third-order valence-corrected chi connectivity index (χ3v) is 6.45. The second-order valence-electron chi connectivity index (χ2n) is 4.81. The summed E-state index contributed by atoms with van der Waals surface area (Å²) < 4.78 is 13.0. The Morgan fingerprint density at radius 2 is 1.91 bits per heavy atom. The van der Waals surface area contributed by atoms with Crippen molar-refractivity contribution in [3.8, 4) is 5.75 Å². The monoisotopic (exact) mass is 407 g/mol. The molecule has 0 bridgehead atoms. The van der Waals surface area contributed by atoms with Gasteiger partial charge in [-0.3, -0.25) is 0 Å². The minimum atomic E-state index is -0.542. The Morgan fingerprint density at radius 3 is 2.64 bits per heavy atom. The molecule has 0 saturated carbocycles. The number of halogens is 1. The molecule has 4 heteroatoms. The second kappa shape index (κ2) is 6.52. The lowest BCUT2D eigenvalue weighted by atomic mass is 10.1. The van der Waals surface area contributed by atoms with E-state index in [0.717, 1.165) is 20.3 Å². The number of benzene rings is 2. The van der Waals surface area contributed by atoms with Crippen LogP contribution in [0.25, 0.3) is 11.0 Å². The molecule has 3 rings (SSSR count). The zero-order valence-corrected chi connectivity index (χ0v) is 14.6. The average Bonchev–Trinajstić information content (AvgIpc) is 2.52. The maximum absolute atomic E-state index is 12.3. The minimum Gasteiger partial charge on any atom is -0.494 e. The fourth-order valence-corrected chi connectivity index (χ4v) is 4.69. The van der Waals surface area contributed by atoms with Crippen LogP contribution in [0.5, 0.6) is 5.75 Å². The number of ether oxygens (including phenoxy) is 1. The van der Waals surface area contributed by atoms with Gasteiger partial charge in [0, 0.05) is 17.0 Å². The first-order valence-corrected chi connectivity index (χ1v) is 9.25. The van der Waals surface area contributed by atoms with E-state index in [1.165, 1.54) is 3.57 Å². The maximum Gasteiger partial charge on any atom is 0.391 e. The predicted octanol–water partition coefficient (Wildman–Crippen LogP) is 0.629. The summed E-state index contributed by atoms with van der Waals surface area (Å²) in [7, 11) is 0. The van der Waals surface area contributed by atoms with E-state index >= 15 is 0 Å². The molecule has 0 aliphatic carbocycles. The summed E-state index contributed by atoms with van der Waals surface area (Å²) in [6.07, 6.45) is 0. The number of rotatable bonds is 4. The molecule has 3 nitrogen and oxygen atoms in total. The standard InChI is InChI=1S/C18H16IO3/c1-3-21-14-9-10-15-12(2)17(18(20)22-16(15)11-14)19-13-7-5-4-6-8-13/h4-11H,3H2,1-2H3/q+1. The lowest BCUT2D eigenvalue weighted by Crippen LogP contribution is -3.62. The molecule has 0 aliphatic heterocycles. The Hall–Kier alpha value is -1.82. The highest BCUT2D eigenvalue weighted by Gasteiger charge is 2.26. The van der Waals surface area contributed by atoms with Gasteiger partial charge in [0.25, 0.3) is 3.57 Å². The molecule has 0 N–H and O–H groups in total. The second-order valence-corrected chi connectivity index (χ2v) is 7.67. The Balaban J connectivity index is 2.08. The molecule has 22 heavy (non-hydrogen) atoms. The van der Waals surface area contributed by atoms with Crippen LogP contribution in [0.4, 0.5) is 0 Å². The SMILES string of the molecule is CCOc1ccc2c(C)c([I+]c3ccccc3)c(=O)oc2c1. The number of hydrogen-bond acceptors (Lipinski definition) is 3. The molecule has 2 aromatic carbocycles. The highest BCUT2D eigenvalue weighted by molar-refractivity contribution is 5.81. The number of aryl methyl sites for hydroxylation is 1. The topological polar surface area (TPSA) is 39.4 Å². The molecule has 0 amide bonds. The van der Waals surface area contributed by atoms with Gasteiger partial charge in [0.2, 0.25) is 0 Å². The van der Waals surface area contributed by atoms with Gasteiger partial charge in [-0.15, -0.1) is 0 Å². The van der Waals surface area contributed by atoms with Gasteiger partial charge in [0.15, 0.2) is 3.57 Å². The molecular formula is C18H16IO3+. The first-order chi connectivity index (χ1) is 10.7. The maximum atomic E-state index is 12.3. The van der Waals surface area contributed by atoms with Crippen molar-refractivity contribution in [2.24, 2.45) is 0 Å². The van der Waals surface area contributed by atoms with Crippen molar-refractivity contribution in [2.45, 2.75) is 13.8 Å². The largest absolute Gasteiger partial charge is 0.494 e. The zero-order chi connectivity index (χ0) is 15.5. The first kappa shape index (κ1) is 15.1. The summed E-state index contributed by atoms with van der Waals surface area (Å²) in [4.78, 5) is 12.3. The van der Waals surface area contributed by atoms with Gasteiger partial charge >= 0.3 is 26.8 Å². The van der Waals surface area contributed by atoms with E-state index in [2.05, 4.69) is 12.1 Å². The normalized spacial score (nSPS) is 10.8. The summed E-state index contributed by atoms with van der Waals surface area (Å²) in [5.41, 5.74) is 1.38. The Kier molecular flexibility index (Phi) is 4.47. The molecule has 0 aliphatic rings. The summed E-state index contributed by atoms with van der Waals surface area (Å²) in [6, 6.07) is 15.8. The van der Waals surface area contributed by atoms with Crippen LogP contribution in [0, 0.1) is 14.1 Å². The Morgan fingerprint density at radius 1 is 1.14 bits per heavy atom. The molecule has 3 aromatic rings. The van der Waals surface area contributed by atoms with Crippen LogP contribution in [0.2, 0.25) is 0 Å². The molecule has 1 heterocycles. The summed E-state index contributed by atoms with van der Waals surface area (Å²) >= 11 is -0.542. The van der Waals surface area contributed by atoms with Gasteiger partial charge < -0.3 is 9.15 Å². The third kappa shape index (κ3) is 3.02. The van der Waals surface area contributed by atoms with Crippen LogP contribution in [0.3, 0.4) is 0 Å². The van der Waals surface area contributed by atoms with Crippen LogP contribution in [0.15, 0.2) is 57.7 Å². The fourth-order valence-electron chi connectivity index (χ4n) is 2.27. The van der Waals surface area contributed by atoms with Gasteiger partial charge in [0.1, 0.15) is 11.3 Å². The Bertz CT molecular complexity index is 853. The molecule has 112 valence electrons. The van der Waals surface area contributed by atoms with E-state index in [0.29, 0.717) is 12.2 Å². The van der Waals surface area contributed by atoms with Crippen LogP contribution >= 0.6 is 0 Å². The molecule has 0 spiro atoms. The van der Waals surface area contributed by atoms with Gasteiger partial charge in [-0.1, -0.05) is 18.2 Å². The predicted molar refractivity (Wildman–Crippen MR) is 82.2 cm³/mol. The van der Waals surface area contributed by atoms with E-state index in [-0.39, 0.29) is 5.63 Å². The van der Waals surface area contributed by atoms with Crippen molar-refractivity contribution >= 4 is 11.0 Å². The van der Waals surface area contributed by atoms with Crippen LogP contribution in [-0.4, -0.2) is 6.61 Å². The average molecular weight is 407 g/mol. The highest BCUT2D eigenvalue weighted by Crippen LogP contribution is 2.22. The summed E-state index contributed by atoms with van der Waals surface area (Å²) in [5, 5.41) is 0.980. The quantitative estimate of drug-likeness (QED) is 0.471. The lowest BCUT2D eigenvalue weighted by Gasteiger charge is -2.05. The van der Waals surface area contributed by atoms with Crippen molar-refractivity contribution in [1.82, 2.24) is 0 Å². The van der Waals surface area contributed by atoms with Crippen molar-refractivity contribution in [1.29, 1.82) is 0 Å². The fraction of sp³-hybridized carbons (Fsp3) is 0.167. The van der Waals surface area contributed by atoms with Crippen molar-refractivity contribution < 1.29 is 30.4 Å². The first-order valence-electron chi connectivity index (χ1n) is 7.09. The molecule has 0 saturated heterocycles. The molecule has 0 radical (unpaired) electrons. The van der Waals surface area contributed by atoms with Gasteiger partial charge in [-0.05, 0) is 38.1 Å². The van der Waals surface area contributed by atoms with E-state index in [4.69, 9.17) is 9.15 Å². The van der Waals surface area contributed by atoms with Crippen molar-refractivity contribution in [3.05, 3.63) is 71.7 Å². The lowest BCUT2D eigenvalue weighted by molar-refractivity contribution is -0.600. The van der Waals surface area contributed by atoms with E-state index in [9.17, 15) is 4.79 Å². The molecular weight excluding hydrogens is 391 g/mol. The van der Waals surface area contributed by atoms with Crippen molar-refractivity contribution in [3.63, 3.8) is 0 Å². The molecule has 0 unspecified atom stereocenters. The molecule has 0 fully saturated rings. The number of fused-ring (bicyclic) bond motifs is 1. The van der Waals surface area contributed by atoms with E-state index in [1.807, 2.05) is 44.2 Å². The van der Waals surface area contributed by atoms with Crippen molar-refractivity contribution in [2.75, 3.05) is 6.61 Å². The van der Waals surface area contributed by atoms with Gasteiger partial charge in [-0.2, -0.15) is 0 Å². The van der Waals surface area contributed by atoms with Gasteiger partial charge in [-0.25, -0.2) is 4.79 Å². The van der Waals surface area contributed by atoms with E-state index in [1.54, 1.807) is 6.07 Å². The van der Waals surface area contributed by atoms with Crippen LogP contribution in [-0.2, 0) is 0 Å². The highest BCUT2D eigenvalue weighted by atomic mass is 127. The van der Waals surface area contributed by atoms with E-state index < -0.39 is 21.2 Å². The van der Waals surface area contributed by atoms with Crippen LogP contribution < -0.4 is 31.6 Å².